The van der Waals surface area contributed by atoms with Crippen LogP contribution in [0.5, 0.6) is 0 Å². The first-order chi connectivity index (χ1) is 9.81. The molecule has 0 saturated heterocycles. The second-order valence-corrected chi connectivity index (χ2v) is 5.58. The monoisotopic (exact) mass is 291 g/mol. The number of benzene rings is 1. The highest BCUT2D eigenvalue weighted by atomic mass is 16.2. The zero-order valence-corrected chi connectivity index (χ0v) is 13.4. The zero-order chi connectivity index (χ0) is 16.0. The van der Waals surface area contributed by atoms with Gasteiger partial charge in [-0.1, -0.05) is 24.3 Å². The molecular weight excluding hydrogens is 266 g/mol. The molecule has 1 aromatic carbocycles. The fourth-order valence-electron chi connectivity index (χ4n) is 2.13. The van der Waals surface area contributed by atoms with Gasteiger partial charge in [0.15, 0.2) is 0 Å². The number of carbonyl (C=O) groups excluding carboxylic acids is 2. The van der Waals surface area contributed by atoms with Gasteiger partial charge in [-0.15, -0.1) is 0 Å². The molecule has 5 nitrogen and oxygen atoms in total. The van der Waals surface area contributed by atoms with E-state index in [-0.39, 0.29) is 18.0 Å². The van der Waals surface area contributed by atoms with E-state index in [1.54, 1.807) is 6.92 Å². The van der Waals surface area contributed by atoms with Crippen LogP contribution < -0.4 is 16.0 Å². The molecule has 116 valence electrons. The van der Waals surface area contributed by atoms with Gasteiger partial charge >= 0.3 is 6.03 Å². The van der Waals surface area contributed by atoms with E-state index in [1.165, 1.54) is 5.56 Å². The molecule has 21 heavy (non-hydrogen) atoms. The smallest absolute Gasteiger partial charge is 0.321 e. The molecule has 1 rings (SSSR count). The number of hydrogen-bond donors (Lipinski definition) is 3. The SMILES string of the molecule is Cc1ccccc1[C@@H](C)N[C@H](C)C(=O)NC(=O)NC(C)C. The molecule has 0 saturated carbocycles. The van der Waals surface area contributed by atoms with Crippen molar-refractivity contribution in [2.45, 2.75) is 52.7 Å². The largest absolute Gasteiger partial charge is 0.336 e. The van der Waals surface area contributed by atoms with Gasteiger partial charge in [0.2, 0.25) is 5.91 Å². The van der Waals surface area contributed by atoms with Crippen LogP contribution in [0.2, 0.25) is 0 Å². The first kappa shape index (κ1) is 17.2. The molecule has 0 spiro atoms. The van der Waals surface area contributed by atoms with Gasteiger partial charge in [0.25, 0.3) is 0 Å². The van der Waals surface area contributed by atoms with Crippen LogP contribution in [0.25, 0.3) is 0 Å². The summed E-state index contributed by atoms with van der Waals surface area (Å²) in [6.07, 6.45) is 0. The molecule has 2 atom stereocenters. The Morgan fingerprint density at radius 1 is 1.05 bits per heavy atom. The summed E-state index contributed by atoms with van der Waals surface area (Å²) in [6, 6.07) is 7.12. The van der Waals surface area contributed by atoms with Crippen molar-refractivity contribution in [3.8, 4) is 0 Å². The maximum absolute atomic E-state index is 12.0. The molecule has 1 aromatic rings. The molecule has 0 aliphatic heterocycles. The molecule has 0 aliphatic rings. The minimum absolute atomic E-state index is 0.00745. The van der Waals surface area contributed by atoms with Crippen LogP contribution in [0.4, 0.5) is 4.79 Å². The Hall–Kier alpha value is -1.88. The molecule has 0 fully saturated rings. The Labute approximate surface area is 126 Å². The van der Waals surface area contributed by atoms with Crippen molar-refractivity contribution in [2.75, 3.05) is 0 Å². The van der Waals surface area contributed by atoms with Crippen molar-refractivity contribution >= 4 is 11.9 Å². The molecule has 0 radical (unpaired) electrons. The van der Waals surface area contributed by atoms with Gasteiger partial charge in [0, 0.05) is 12.1 Å². The molecule has 5 heteroatoms. The Bertz CT molecular complexity index is 500. The standard InChI is InChI=1S/C16H25N3O2/c1-10(2)17-16(21)19-15(20)13(5)18-12(4)14-9-7-6-8-11(14)3/h6-10,12-13,18H,1-5H3,(H2,17,19,20,21)/t12-,13-/m1/s1. The maximum atomic E-state index is 12.0. The van der Waals surface area contributed by atoms with Gasteiger partial charge < -0.3 is 5.32 Å². The Morgan fingerprint density at radius 2 is 1.67 bits per heavy atom. The van der Waals surface area contributed by atoms with Crippen LogP contribution in [0.15, 0.2) is 24.3 Å². The summed E-state index contributed by atoms with van der Waals surface area (Å²) in [6.45, 7) is 9.46. The van der Waals surface area contributed by atoms with Crippen LogP contribution in [0.3, 0.4) is 0 Å². The van der Waals surface area contributed by atoms with Crippen molar-refractivity contribution < 1.29 is 9.59 Å². The summed E-state index contributed by atoms with van der Waals surface area (Å²) in [7, 11) is 0. The minimum Gasteiger partial charge on any atom is -0.336 e. The number of nitrogens with one attached hydrogen (secondary N) is 3. The molecule has 3 N–H and O–H groups in total. The van der Waals surface area contributed by atoms with E-state index in [4.69, 9.17) is 0 Å². The summed E-state index contributed by atoms with van der Waals surface area (Å²) in [5.74, 6) is -0.339. The van der Waals surface area contributed by atoms with Crippen LogP contribution in [-0.4, -0.2) is 24.0 Å². The number of amides is 3. The first-order valence-electron chi connectivity index (χ1n) is 7.24. The van der Waals surface area contributed by atoms with E-state index in [0.29, 0.717) is 0 Å². The summed E-state index contributed by atoms with van der Waals surface area (Å²) in [4.78, 5) is 23.5. The molecule has 0 aromatic heterocycles. The van der Waals surface area contributed by atoms with Gasteiger partial charge in [0.05, 0.1) is 6.04 Å². The average Bonchev–Trinajstić information content (AvgIpc) is 2.37. The van der Waals surface area contributed by atoms with Gasteiger partial charge in [-0.3, -0.25) is 15.4 Å². The highest BCUT2D eigenvalue weighted by Crippen LogP contribution is 2.17. The van der Waals surface area contributed by atoms with Crippen molar-refractivity contribution in [1.29, 1.82) is 0 Å². The summed E-state index contributed by atoms with van der Waals surface area (Å²) < 4.78 is 0. The van der Waals surface area contributed by atoms with Crippen molar-refractivity contribution in [1.82, 2.24) is 16.0 Å². The van der Waals surface area contributed by atoms with Crippen molar-refractivity contribution in [3.05, 3.63) is 35.4 Å². The fraction of sp³-hybridized carbons (Fsp3) is 0.500. The quantitative estimate of drug-likeness (QED) is 0.779. The van der Waals surface area contributed by atoms with Crippen molar-refractivity contribution in [2.24, 2.45) is 0 Å². The maximum Gasteiger partial charge on any atom is 0.321 e. The molecule has 0 aliphatic carbocycles. The number of aryl methyl sites for hydroxylation is 1. The zero-order valence-electron chi connectivity index (χ0n) is 13.4. The number of hydrogen-bond acceptors (Lipinski definition) is 3. The number of carbonyl (C=O) groups is 2. The van der Waals surface area contributed by atoms with E-state index in [1.807, 2.05) is 52.0 Å². The lowest BCUT2D eigenvalue weighted by molar-refractivity contribution is -0.121. The third-order valence-electron chi connectivity index (χ3n) is 3.20. The second kappa shape index (κ2) is 7.78. The Morgan fingerprint density at radius 3 is 2.24 bits per heavy atom. The third kappa shape index (κ3) is 5.55. The number of imide groups is 1. The lowest BCUT2D eigenvalue weighted by atomic mass is 10.0. The predicted octanol–water partition coefficient (Wildman–Crippen LogP) is 2.27. The summed E-state index contributed by atoms with van der Waals surface area (Å²) in [5.41, 5.74) is 2.31. The van der Waals surface area contributed by atoms with Gasteiger partial charge in [-0.25, -0.2) is 4.79 Å². The lowest BCUT2D eigenvalue weighted by Crippen LogP contribution is -2.49. The van der Waals surface area contributed by atoms with Gasteiger partial charge in [-0.2, -0.15) is 0 Å². The highest BCUT2D eigenvalue weighted by Gasteiger charge is 2.19. The van der Waals surface area contributed by atoms with Crippen molar-refractivity contribution in [3.63, 3.8) is 0 Å². The van der Waals surface area contributed by atoms with Crippen LogP contribution in [-0.2, 0) is 4.79 Å². The van der Waals surface area contributed by atoms with Crippen LogP contribution in [0.1, 0.15) is 44.9 Å². The minimum atomic E-state index is -0.466. The summed E-state index contributed by atoms with van der Waals surface area (Å²) in [5, 5.41) is 8.16. The van der Waals surface area contributed by atoms with E-state index < -0.39 is 12.1 Å². The fourth-order valence-corrected chi connectivity index (χ4v) is 2.13. The van der Waals surface area contributed by atoms with E-state index in [9.17, 15) is 9.59 Å². The predicted molar refractivity (Wildman–Crippen MR) is 84.0 cm³/mol. The summed E-state index contributed by atoms with van der Waals surface area (Å²) >= 11 is 0. The van der Waals surface area contributed by atoms with Gasteiger partial charge in [0.1, 0.15) is 0 Å². The molecule has 0 unspecified atom stereocenters. The second-order valence-electron chi connectivity index (χ2n) is 5.58. The van der Waals surface area contributed by atoms with Gasteiger partial charge in [-0.05, 0) is 45.7 Å². The van der Waals surface area contributed by atoms with E-state index in [0.717, 1.165) is 5.56 Å². The topological polar surface area (TPSA) is 70.2 Å². The molecule has 0 heterocycles. The molecule has 0 bridgehead atoms. The first-order valence-corrected chi connectivity index (χ1v) is 7.24. The highest BCUT2D eigenvalue weighted by molar-refractivity contribution is 5.96. The molecular formula is C16H25N3O2. The van der Waals surface area contributed by atoms with E-state index in [2.05, 4.69) is 16.0 Å². The number of rotatable bonds is 5. The Kier molecular flexibility index (Phi) is 6.37. The average molecular weight is 291 g/mol. The third-order valence-corrected chi connectivity index (χ3v) is 3.20. The van der Waals surface area contributed by atoms with Crippen LogP contribution >= 0.6 is 0 Å². The van der Waals surface area contributed by atoms with Crippen LogP contribution in [0, 0.1) is 6.92 Å². The number of urea groups is 1. The normalized spacial score (nSPS) is 13.6. The lowest BCUT2D eigenvalue weighted by Gasteiger charge is -2.21. The van der Waals surface area contributed by atoms with E-state index >= 15 is 0 Å². The Balaban J connectivity index is 2.56. The molecule has 3 amide bonds.